The highest BCUT2D eigenvalue weighted by atomic mass is 16.5. The van der Waals surface area contributed by atoms with Crippen LogP contribution in [0, 0.1) is 5.92 Å². The zero-order valence-corrected chi connectivity index (χ0v) is 11.9. The van der Waals surface area contributed by atoms with Gasteiger partial charge in [-0.2, -0.15) is 0 Å². The van der Waals surface area contributed by atoms with Crippen molar-refractivity contribution >= 4 is 0 Å². The number of ether oxygens (including phenoxy) is 1. The van der Waals surface area contributed by atoms with Gasteiger partial charge < -0.3 is 10.1 Å². The molecule has 3 rings (SSSR count). The number of rotatable bonds is 4. The Morgan fingerprint density at radius 2 is 2.16 bits per heavy atom. The molecule has 3 unspecified atom stereocenters. The number of nitrogens with one attached hydrogen (secondary N) is 1. The number of benzene rings is 1. The maximum absolute atomic E-state index is 6.07. The Balaban J connectivity index is 1.70. The molecule has 1 aromatic rings. The SMILES string of the molecule is CCNC1CCCC1CC1OCCc2ccccc21. The lowest BCUT2D eigenvalue weighted by Crippen LogP contribution is -2.33. The molecule has 1 fully saturated rings. The highest BCUT2D eigenvalue weighted by Gasteiger charge is 2.31. The van der Waals surface area contributed by atoms with E-state index in [1.807, 2.05) is 0 Å². The van der Waals surface area contributed by atoms with Crippen molar-refractivity contribution in [2.75, 3.05) is 13.2 Å². The number of hydrogen-bond donors (Lipinski definition) is 1. The van der Waals surface area contributed by atoms with Gasteiger partial charge in [-0.15, -0.1) is 0 Å². The molecule has 0 amide bonds. The molecule has 1 heterocycles. The second kappa shape index (κ2) is 6.06. The van der Waals surface area contributed by atoms with E-state index in [1.54, 1.807) is 0 Å². The maximum Gasteiger partial charge on any atom is 0.0831 e. The van der Waals surface area contributed by atoms with E-state index < -0.39 is 0 Å². The molecule has 1 aromatic carbocycles. The summed E-state index contributed by atoms with van der Waals surface area (Å²) in [4.78, 5) is 0. The summed E-state index contributed by atoms with van der Waals surface area (Å²) in [7, 11) is 0. The Morgan fingerprint density at radius 3 is 3.05 bits per heavy atom. The third kappa shape index (κ3) is 2.85. The molecule has 0 saturated heterocycles. The summed E-state index contributed by atoms with van der Waals surface area (Å²) in [5, 5.41) is 3.65. The van der Waals surface area contributed by atoms with Crippen molar-refractivity contribution < 1.29 is 4.74 Å². The molecule has 0 aromatic heterocycles. The average molecular weight is 259 g/mol. The quantitative estimate of drug-likeness (QED) is 0.894. The van der Waals surface area contributed by atoms with Crippen LogP contribution in [0.3, 0.4) is 0 Å². The largest absolute Gasteiger partial charge is 0.373 e. The van der Waals surface area contributed by atoms with Gasteiger partial charge in [-0.1, -0.05) is 37.6 Å². The van der Waals surface area contributed by atoms with Gasteiger partial charge in [0, 0.05) is 6.04 Å². The maximum atomic E-state index is 6.07. The summed E-state index contributed by atoms with van der Waals surface area (Å²) in [5.74, 6) is 0.788. The van der Waals surface area contributed by atoms with Gasteiger partial charge >= 0.3 is 0 Å². The fraction of sp³-hybridized carbons (Fsp3) is 0.647. The molecule has 0 radical (unpaired) electrons. The van der Waals surface area contributed by atoms with Gasteiger partial charge in [0.25, 0.3) is 0 Å². The molecule has 3 atom stereocenters. The average Bonchev–Trinajstić information content (AvgIpc) is 2.87. The lowest BCUT2D eigenvalue weighted by molar-refractivity contribution is 0.0232. The van der Waals surface area contributed by atoms with E-state index in [2.05, 4.69) is 36.5 Å². The van der Waals surface area contributed by atoms with Gasteiger partial charge in [0.1, 0.15) is 0 Å². The van der Waals surface area contributed by atoms with Crippen molar-refractivity contribution in [3.63, 3.8) is 0 Å². The summed E-state index contributed by atoms with van der Waals surface area (Å²) in [6.45, 7) is 4.19. The van der Waals surface area contributed by atoms with E-state index in [0.717, 1.165) is 25.5 Å². The van der Waals surface area contributed by atoms with Gasteiger partial charge in [0.15, 0.2) is 0 Å². The molecule has 104 valence electrons. The van der Waals surface area contributed by atoms with Crippen molar-refractivity contribution in [1.82, 2.24) is 5.32 Å². The fourth-order valence-corrected chi connectivity index (χ4v) is 3.80. The first-order valence-electron chi connectivity index (χ1n) is 7.81. The zero-order valence-electron chi connectivity index (χ0n) is 11.9. The van der Waals surface area contributed by atoms with E-state index in [1.165, 1.54) is 36.8 Å². The Morgan fingerprint density at radius 1 is 1.26 bits per heavy atom. The Kier molecular flexibility index (Phi) is 4.19. The van der Waals surface area contributed by atoms with Crippen molar-refractivity contribution in [1.29, 1.82) is 0 Å². The van der Waals surface area contributed by atoms with E-state index in [0.29, 0.717) is 12.1 Å². The first kappa shape index (κ1) is 13.1. The zero-order chi connectivity index (χ0) is 13.1. The van der Waals surface area contributed by atoms with Crippen molar-refractivity contribution in [3.05, 3.63) is 35.4 Å². The van der Waals surface area contributed by atoms with Crippen LogP contribution in [0.2, 0.25) is 0 Å². The topological polar surface area (TPSA) is 21.3 Å². The van der Waals surface area contributed by atoms with E-state index >= 15 is 0 Å². The fourth-order valence-electron chi connectivity index (χ4n) is 3.80. The van der Waals surface area contributed by atoms with Crippen molar-refractivity contribution in [2.24, 2.45) is 5.92 Å². The molecular formula is C17H25NO. The monoisotopic (exact) mass is 259 g/mol. The Labute approximate surface area is 116 Å². The molecule has 1 aliphatic heterocycles. The molecule has 1 saturated carbocycles. The summed E-state index contributed by atoms with van der Waals surface area (Å²) < 4.78 is 6.07. The van der Waals surface area contributed by atoms with Gasteiger partial charge in [0.2, 0.25) is 0 Å². The third-order valence-corrected chi connectivity index (χ3v) is 4.73. The van der Waals surface area contributed by atoms with Crippen LogP contribution in [0.25, 0.3) is 0 Å². The summed E-state index contributed by atoms with van der Waals surface area (Å²) in [5.41, 5.74) is 2.94. The lowest BCUT2D eigenvalue weighted by Gasteiger charge is -2.30. The van der Waals surface area contributed by atoms with Crippen LogP contribution in [0.5, 0.6) is 0 Å². The van der Waals surface area contributed by atoms with Crippen LogP contribution in [0.15, 0.2) is 24.3 Å². The van der Waals surface area contributed by atoms with Crippen LogP contribution >= 0.6 is 0 Å². The number of fused-ring (bicyclic) bond motifs is 1. The molecule has 0 bridgehead atoms. The third-order valence-electron chi connectivity index (χ3n) is 4.73. The van der Waals surface area contributed by atoms with E-state index in [-0.39, 0.29) is 0 Å². The molecular weight excluding hydrogens is 234 g/mol. The first-order valence-corrected chi connectivity index (χ1v) is 7.81. The van der Waals surface area contributed by atoms with Crippen LogP contribution in [-0.2, 0) is 11.2 Å². The predicted octanol–water partition coefficient (Wildman–Crippen LogP) is 3.47. The minimum absolute atomic E-state index is 0.328. The van der Waals surface area contributed by atoms with Gasteiger partial charge in [-0.25, -0.2) is 0 Å². The van der Waals surface area contributed by atoms with Crippen LogP contribution in [0.1, 0.15) is 49.8 Å². The van der Waals surface area contributed by atoms with E-state index in [4.69, 9.17) is 4.74 Å². The Hall–Kier alpha value is -0.860. The summed E-state index contributed by atoms with van der Waals surface area (Å²) in [6.07, 6.45) is 6.67. The molecule has 2 aliphatic rings. The van der Waals surface area contributed by atoms with Gasteiger partial charge in [0.05, 0.1) is 12.7 Å². The molecule has 0 spiro atoms. The summed E-state index contributed by atoms with van der Waals surface area (Å²) in [6, 6.07) is 9.54. The molecule has 19 heavy (non-hydrogen) atoms. The normalized spacial score (nSPS) is 30.3. The van der Waals surface area contributed by atoms with Crippen LogP contribution in [0.4, 0.5) is 0 Å². The minimum Gasteiger partial charge on any atom is -0.373 e. The van der Waals surface area contributed by atoms with Gasteiger partial charge in [-0.05, 0) is 49.3 Å². The van der Waals surface area contributed by atoms with Crippen molar-refractivity contribution in [3.8, 4) is 0 Å². The van der Waals surface area contributed by atoms with Crippen molar-refractivity contribution in [2.45, 2.75) is 51.2 Å². The van der Waals surface area contributed by atoms with Crippen LogP contribution < -0.4 is 5.32 Å². The molecule has 1 aliphatic carbocycles. The standard InChI is InChI=1S/C17H25NO/c1-2-18-16-9-5-7-14(16)12-17-15-8-4-3-6-13(15)10-11-19-17/h3-4,6,8,14,16-18H,2,5,7,9-12H2,1H3. The highest BCUT2D eigenvalue weighted by molar-refractivity contribution is 5.31. The first-order chi connectivity index (χ1) is 9.38. The predicted molar refractivity (Wildman–Crippen MR) is 78.3 cm³/mol. The second-order valence-corrected chi connectivity index (χ2v) is 5.90. The number of hydrogen-bond acceptors (Lipinski definition) is 2. The smallest absolute Gasteiger partial charge is 0.0831 e. The molecule has 2 heteroatoms. The van der Waals surface area contributed by atoms with Crippen LogP contribution in [-0.4, -0.2) is 19.2 Å². The Bertz CT molecular complexity index is 417. The summed E-state index contributed by atoms with van der Waals surface area (Å²) >= 11 is 0. The van der Waals surface area contributed by atoms with E-state index in [9.17, 15) is 0 Å². The molecule has 2 nitrogen and oxygen atoms in total. The lowest BCUT2D eigenvalue weighted by atomic mass is 9.89. The molecule has 1 N–H and O–H groups in total. The highest BCUT2D eigenvalue weighted by Crippen LogP contribution is 2.37. The second-order valence-electron chi connectivity index (χ2n) is 5.90. The minimum atomic E-state index is 0.328. The van der Waals surface area contributed by atoms with Gasteiger partial charge in [-0.3, -0.25) is 0 Å².